The fraction of sp³-hybridized carbons (Fsp3) is 0.615. The fourth-order valence-electron chi connectivity index (χ4n) is 2.35. The predicted octanol–water partition coefficient (Wildman–Crippen LogP) is 1.16. The molecule has 0 radical (unpaired) electrons. The Hall–Kier alpha value is -0.960. The number of esters is 1. The van der Waals surface area contributed by atoms with Gasteiger partial charge in [0.1, 0.15) is 15.8 Å². The lowest BCUT2D eigenvalue weighted by Crippen LogP contribution is -2.44. The summed E-state index contributed by atoms with van der Waals surface area (Å²) < 4.78 is 5.67. The predicted molar refractivity (Wildman–Crippen MR) is 84.9 cm³/mol. The second-order valence-electron chi connectivity index (χ2n) is 4.82. The van der Waals surface area contributed by atoms with E-state index < -0.39 is 0 Å². The lowest BCUT2D eigenvalue weighted by atomic mass is 9.99. The summed E-state index contributed by atoms with van der Waals surface area (Å²) in [5, 5.41) is 3.33. The van der Waals surface area contributed by atoms with Crippen LogP contribution in [0.1, 0.15) is 24.8 Å². The van der Waals surface area contributed by atoms with Crippen LogP contribution in [-0.2, 0) is 9.53 Å². The van der Waals surface area contributed by atoms with Gasteiger partial charge < -0.3 is 15.0 Å². The van der Waals surface area contributed by atoms with Crippen LogP contribution in [0.5, 0.6) is 0 Å². The molecule has 1 N–H and O–H groups in total. The number of halogens is 1. The van der Waals surface area contributed by atoms with Crippen molar-refractivity contribution in [3.63, 3.8) is 0 Å². The van der Waals surface area contributed by atoms with Crippen LogP contribution < -0.4 is 10.2 Å². The van der Waals surface area contributed by atoms with Crippen molar-refractivity contribution in [3.8, 4) is 0 Å². The maximum atomic E-state index is 11.5. The van der Waals surface area contributed by atoms with Gasteiger partial charge in [0.25, 0.3) is 0 Å². The number of carbonyl (C=O) groups excluding carboxylic acids is 1. The summed E-state index contributed by atoms with van der Waals surface area (Å²) in [6, 6.07) is 0. The Morgan fingerprint density at radius 1 is 1.50 bits per heavy atom. The van der Waals surface area contributed by atoms with Crippen molar-refractivity contribution in [3.05, 3.63) is 15.6 Å². The first-order valence-corrected chi connectivity index (χ1v) is 7.74. The van der Waals surface area contributed by atoms with E-state index in [2.05, 4.69) is 42.8 Å². The number of methoxy groups -OCH3 is 1. The van der Waals surface area contributed by atoms with Gasteiger partial charge in [0.15, 0.2) is 0 Å². The molecule has 0 bridgehead atoms. The van der Waals surface area contributed by atoms with E-state index in [9.17, 15) is 4.79 Å². The largest absolute Gasteiger partial charge is 0.469 e. The molecule has 1 saturated heterocycles. The molecule has 0 aromatic carbocycles. The SMILES string of the molecule is COC(=O)CC(C)c1c(I)ncnc1N1CCNCC1. The molecule has 20 heavy (non-hydrogen) atoms. The first-order valence-electron chi connectivity index (χ1n) is 6.66. The number of anilines is 1. The minimum atomic E-state index is -0.205. The van der Waals surface area contributed by atoms with E-state index in [0.717, 1.165) is 41.3 Å². The molecule has 1 fully saturated rings. The van der Waals surface area contributed by atoms with Gasteiger partial charge in [-0.3, -0.25) is 4.79 Å². The highest BCUT2D eigenvalue weighted by Gasteiger charge is 2.23. The third-order valence-corrected chi connectivity index (χ3v) is 4.28. The van der Waals surface area contributed by atoms with Crippen LogP contribution in [0.2, 0.25) is 0 Å². The molecule has 1 atom stereocenters. The molecule has 1 aromatic rings. The quantitative estimate of drug-likeness (QED) is 0.473. The molecule has 1 aliphatic rings. The molecule has 7 heteroatoms. The van der Waals surface area contributed by atoms with Crippen molar-refractivity contribution in [2.24, 2.45) is 0 Å². The van der Waals surface area contributed by atoms with E-state index in [1.807, 2.05) is 6.92 Å². The van der Waals surface area contributed by atoms with Gasteiger partial charge in [0.05, 0.1) is 13.5 Å². The second-order valence-corrected chi connectivity index (χ2v) is 5.84. The van der Waals surface area contributed by atoms with E-state index in [4.69, 9.17) is 4.74 Å². The number of nitrogens with one attached hydrogen (secondary N) is 1. The Bertz CT molecular complexity index is 477. The Kier molecular flexibility index (Phi) is 5.53. The summed E-state index contributed by atoms with van der Waals surface area (Å²) in [6.07, 6.45) is 1.94. The summed E-state index contributed by atoms with van der Waals surface area (Å²) in [5.41, 5.74) is 1.04. The van der Waals surface area contributed by atoms with Gasteiger partial charge in [-0.05, 0) is 28.5 Å². The van der Waals surface area contributed by atoms with Gasteiger partial charge in [0, 0.05) is 31.7 Å². The molecule has 0 spiro atoms. The third kappa shape index (κ3) is 3.57. The first-order chi connectivity index (χ1) is 9.63. The molecule has 1 unspecified atom stereocenters. The van der Waals surface area contributed by atoms with Crippen LogP contribution in [0, 0.1) is 3.70 Å². The molecule has 1 aromatic heterocycles. The van der Waals surface area contributed by atoms with Crippen LogP contribution in [0.3, 0.4) is 0 Å². The Labute approximate surface area is 132 Å². The minimum Gasteiger partial charge on any atom is -0.469 e. The summed E-state index contributed by atoms with van der Waals surface area (Å²) in [6.45, 7) is 5.76. The van der Waals surface area contributed by atoms with Crippen molar-refractivity contribution < 1.29 is 9.53 Å². The molecule has 0 aliphatic carbocycles. The Morgan fingerprint density at radius 3 is 2.85 bits per heavy atom. The highest BCUT2D eigenvalue weighted by molar-refractivity contribution is 14.1. The Morgan fingerprint density at radius 2 is 2.20 bits per heavy atom. The van der Waals surface area contributed by atoms with Crippen LogP contribution in [0.25, 0.3) is 0 Å². The number of nitrogens with zero attached hydrogens (tertiary/aromatic N) is 3. The smallest absolute Gasteiger partial charge is 0.306 e. The second kappa shape index (κ2) is 7.16. The van der Waals surface area contributed by atoms with Gasteiger partial charge in [-0.1, -0.05) is 6.92 Å². The number of aromatic nitrogens is 2. The van der Waals surface area contributed by atoms with Crippen molar-refractivity contribution in [2.75, 3.05) is 38.2 Å². The fourth-order valence-corrected chi connectivity index (χ4v) is 3.25. The monoisotopic (exact) mass is 390 g/mol. The van der Waals surface area contributed by atoms with Crippen molar-refractivity contribution in [2.45, 2.75) is 19.3 Å². The zero-order valence-corrected chi connectivity index (χ0v) is 13.9. The molecule has 2 rings (SSSR count). The summed E-state index contributed by atoms with van der Waals surface area (Å²) in [7, 11) is 1.42. The molecular formula is C13H19IN4O2. The summed E-state index contributed by atoms with van der Waals surface area (Å²) in [4.78, 5) is 22.5. The highest BCUT2D eigenvalue weighted by Crippen LogP contribution is 2.31. The standard InChI is InChI=1S/C13H19IN4O2/c1-9(7-10(19)20-2)11-12(14)16-8-17-13(11)18-5-3-15-4-6-18/h8-9,15H,3-7H2,1-2H3. The number of rotatable bonds is 4. The van der Waals surface area contributed by atoms with Crippen LogP contribution in [0.15, 0.2) is 6.33 Å². The first kappa shape index (κ1) is 15.4. The van der Waals surface area contributed by atoms with Gasteiger partial charge in [-0.25, -0.2) is 9.97 Å². The lowest BCUT2D eigenvalue weighted by molar-refractivity contribution is -0.140. The highest BCUT2D eigenvalue weighted by atomic mass is 127. The van der Waals surface area contributed by atoms with E-state index in [1.54, 1.807) is 6.33 Å². The average Bonchev–Trinajstić information content (AvgIpc) is 2.47. The number of hydrogen-bond acceptors (Lipinski definition) is 6. The average molecular weight is 390 g/mol. The number of hydrogen-bond donors (Lipinski definition) is 1. The van der Waals surface area contributed by atoms with Crippen molar-refractivity contribution >= 4 is 34.4 Å². The third-order valence-electron chi connectivity index (χ3n) is 3.42. The maximum Gasteiger partial charge on any atom is 0.306 e. The molecular weight excluding hydrogens is 371 g/mol. The Balaban J connectivity index is 2.27. The summed E-state index contributed by atoms with van der Waals surface area (Å²) >= 11 is 2.21. The van der Waals surface area contributed by atoms with Gasteiger partial charge in [-0.15, -0.1) is 0 Å². The van der Waals surface area contributed by atoms with E-state index in [-0.39, 0.29) is 11.9 Å². The number of ether oxygens (including phenoxy) is 1. The van der Waals surface area contributed by atoms with E-state index in [1.165, 1.54) is 7.11 Å². The lowest BCUT2D eigenvalue weighted by Gasteiger charge is -2.31. The van der Waals surface area contributed by atoms with Crippen LogP contribution in [-0.4, -0.2) is 49.2 Å². The molecule has 0 amide bonds. The number of piperazine rings is 1. The van der Waals surface area contributed by atoms with Crippen LogP contribution >= 0.6 is 22.6 Å². The van der Waals surface area contributed by atoms with E-state index in [0.29, 0.717) is 6.42 Å². The summed E-state index contributed by atoms with van der Waals surface area (Å²) in [5.74, 6) is 0.783. The van der Waals surface area contributed by atoms with Crippen molar-refractivity contribution in [1.82, 2.24) is 15.3 Å². The van der Waals surface area contributed by atoms with Gasteiger partial charge in [0.2, 0.25) is 0 Å². The maximum absolute atomic E-state index is 11.5. The zero-order chi connectivity index (χ0) is 14.5. The minimum absolute atomic E-state index is 0.0421. The topological polar surface area (TPSA) is 67.3 Å². The van der Waals surface area contributed by atoms with E-state index >= 15 is 0 Å². The molecule has 110 valence electrons. The van der Waals surface area contributed by atoms with Gasteiger partial charge >= 0.3 is 5.97 Å². The normalized spacial score (nSPS) is 16.9. The van der Waals surface area contributed by atoms with Crippen LogP contribution in [0.4, 0.5) is 5.82 Å². The molecule has 6 nitrogen and oxygen atoms in total. The van der Waals surface area contributed by atoms with Gasteiger partial charge in [-0.2, -0.15) is 0 Å². The molecule has 0 saturated carbocycles. The number of carbonyl (C=O) groups is 1. The molecule has 1 aliphatic heterocycles. The zero-order valence-electron chi connectivity index (χ0n) is 11.7. The molecule has 2 heterocycles. The van der Waals surface area contributed by atoms with Crippen molar-refractivity contribution in [1.29, 1.82) is 0 Å².